The molecular weight excluding hydrogens is 507 g/mol. The predicted octanol–water partition coefficient (Wildman–Crippen LogP) is 5.50. The van der Waals surface area contributed by atoms with Crippen molar-refractivity contribution in [3.63, 3.8) is 0 Å². The van der Waals surface area contributed by atoms with Crippen LogP contribution in [0.3, 0.4) is 0 Å². The minimum Gasteiger partial charge on any atom is -0.482 e. The zero-order valence-electron chi connectivity index (χ0n) is 15.8. The first-order valence-corrected chi connectivity index (χ1v) is 10.4. The maximum absolute atomic E-state index is 12.2. The van der Waals surface area contributed by atoms with E-state index in [2.05, 4.69) is 26.5 Å². The Hall–Kier alpha value is -2.87. The third-order valence-electron chi connectivity index (χ3n) is 3.84. The van der Waals surface area contributed by atoms with Gasteiger partial charge in [0.05, 0.1) is 16.8 Å². The number of ether oxygens (including phenoxy) is 2. The van der Waals surface area contributed by atoms with E-state index < -0.39 is 11.9 Å². The van der Waals surface area contributed by atoms with Gasteiger partial charge < -0.3 is 9.47 Å². The first kappa shape index (κ1) is 22.8. The number of halogens is 3. The van der Waals surface area contributed by atoms with Gasteiger partial charge in [-0.05, 0) is 76.1 Å². The highest BCUT2D eigenvalue weighted by Gasteiger charge is 2.11. The molecule has 31 heavy (non-hydrogen) atoms. The average Bonchev–Trinajstić information content (AvgIpc) is 2.74. The van der Waals surface area contributed by atoms with Crippen molar-refractivity contribution < 1.29 is 19.1 Å². The van der Waals surface area contributed by atoms with Crippen molar-refractivity contribution in [3.05, 3.63) is 92.4 Å². The highest BCUT2D eigenvalue weighted by atomic mass is 79.9. The maximum atomic E-state index is 12.2. The van der Waals surface area contributed by atoms with E-state index in [1.807, 2.05) is 6.07 Å². The van der Waals surface area contributed by atoms with Crippen molar-refractivity contribution in [3.8, 4) is 11.5 Å². The van der Waals surface area contributed by atoms with Crippen LogP contribution in [0.15, 0.2) is 76.3 Å². The number of nitrogens with one attached hydrogen (secondary N) is 1. The lowest BCUT2D eigenvalue weighted by molar-refractivity contribution is -0.123. The van der Waals surface area contributed by atoms with Crippen molar-refractivity contribution in [1.82, 2.24) is 5.43 Å². The third-order valence-corrected chi connectivity index (χ3v) is 5.06. The van der Waals surface area contributed by atoms with E-state index in [1.165, 1.54) is 12.3 Å². The van der Waals surface area contributed by atoms with Gasteiger partial charge in [0, 0.05) is 9.50 Å². The Morgan fingerprint density at radius 3 is 2.48 bits per heavy atom. The second-order valence-corrected chi connectivity index (χ2v) is 7.79. The maximum Gasteiger partial charge on any atom is 0.344 e. The second-order valence-electron chi connectivity index (χ2n) is 6.09. The van der Waals surface area contributed by atoms with Crippen molar-refractivity contribution in [2.24, 2.45) is 5.10 Å². The molecule has 1 amide bonds. The number of esters is 1. The molecule has 0 saturated carbocycles. The van der Waals surface area contributed by atoms with Crippen LogP contribution >= 0.6 is 39.1 Å². The van der Waals surface area contributed by atoms with Gasteiger partial charge in [0.2, 0.25) is 0 Å². The molecule has 0 radical (unpaired) electrons. The summed E-state index contributed by atoms with van der Waals surface area (Å²) in [5.74, 6) is -0.198. The molecular formula is C22H15BrCl2N2O4. The molecule has 0 aliphatic carbocycles. The van der Waals surface area contributed by atoms with Gasteiger partial charge in [-0.1, -0.05) is 35.3 Å². The molecule has 9 heteroatoms. The van der Waals surface area contributed by atoms with Crippen LogP contribution in [0.1, 0.15) is 15.9 Å². The first-order chi connectivity index (χ1) is 14.9. The number of rotatable bonds is 7. The zero-order valence-corrected chi connectivity index (χ0v) is 18.9. The van der Waals surface area contributed by atoms with Gasteiger partial charge in [0.25, 0.3) is 5.91 Å². The van der Waals surface area contributed by atoms with E-state index in [1.54, 1.807) is 54.6 Å². The van der Waals surface area contributed by atoms with Crippen molar-refractivity contribution in [2.75, 3.05) is 6.61 Å². The molecule has 0 fully saturated rings. The summed E-state index contributed by atoms with van der Waals surface area (Å²) in [7, 11) is 0. The number of hydrogen-bond acceptors (Lipinski definition) is 5. The lowest BCUT2D eigenvalue weighted by Gasteiger charge is -2.07. The molecule has 1 N–H and O–H groups in total. The van der Waals surface area contributed by atoms with Crippen LogP contribution in [-0.2, 0) is 4.79 Å². The van der Waals surface area contributed by atoms with Crippen molar-refractivity contribution in [1.29, 1.82) is 0 Å². The molecule has 0 heterocycles. The molecule has 6 nitrogen and oxygen atoms in total. The van der Waals surface area contributed by atoms with Crippen LogP contribution in [0.5, 0.6) is 11.5 Å². The standard InChI is InChI=1S/C22H15BrCl2N2O4/c23-18-4-2-1-3-17(18)22(29)31-16-8-5-14(6-9-16)12-26-27-21(28)13-30-20-10-7-15(24)11-19(20)25/h1-12H,13H2,(H,27,28)/b26-12+. The third kappa shape index (κ3) is 6.82. The Balaban J connectivity index is 1.48. The van der Waals surface area contributed by atoms with E-state index >= 15 is 0 Å². The summed E-state index contributed by atoms with van der Waals surface area (Å²) in [6.45, 7) is -0.261. The SMILES string of the molecule is O=C(COc1ccc(Cl)cc1Cl)N/N=C/c1ccc(OC(=O)c2ccccc2Br)cc1. The quantitative estimate of drug-likeness (QED) is 0.192. The summed E-state index contributed by atoms with van der Waals surface area (Å²) in [5, 5.41) is 4.65. The van der Waals surface area contributed by atoms with Crippen LogP contribution in [0.25, 0.3) is 0 Å². The summed E-state index contributed by atoms with van der Waals surface area (Å²) in [6, 6.07) is 18.4. The fourth-order valence-corrected chi connectivity index (χ4v) is 3.27. The zero-order chi connectivity index (χ0) is 22.2. The van der Waals surface area contributed by atoms with Gasteiger partial charge in [-0.25, -0.2) is 10.2 Å². The fraction of sp³-hybridized carbons (Fsp3) is 0.0455. The summed E-state index contributed by atoms with van der Waals surface area (Å²) in [6.07, 6.45) is 1.45. The second kappa shape index (κ2) is 10.9. The minimum atomic E-state index is -0.470. The lowest BCUT2D eigenvalue weighted by atomic mass is 10.2. The number of amides is 1. The molecule has 0 bridgehead atoms. The lowest BCUT2D eigenvalue weighted by Crippen LogP contribution is -2.24. The van der Waals surface area contributed by atoms with Crippen LogP contribution in [0.4, 0.5) is 0 Å². The highest BCUT2D eigenvalue weighted by Crippen LogP contribution is 2.27. The number of nitrogens with zero attached hydrogens (tertiary/aromatic N) is 1. The van der Waals surface area contributed by atoms with Crippen LogP contribution in [0.2, 0.25) is 10.0 Å². The number of carbonyl (C=O) groups is 2. The molecule has 3 aromatic rings. The predicted molar refractivity (Wildman–Crippen MR) is 123 cm³/mol. The Morgan fingerprint density at radius 2 is 1.77 bits per heavy atom. The summed E-state index contributed by atoms with van der Waals surface area (Å²) in [4.78, 5) is 24.1. The average molecular weight is 522 g/mol. The molecule has 158 valence electrons. The number of hydrogen-bond donors (Lipinski definition) is 1. The van der Waals surface area contributed by atoms with Gasteiger partial charge in [0.15, 0.2) is 6.61 Å². The Labute approximate surface area is 196 Å². The van der Waals surface area contributed by atoms with E-state index in [-0.39, 0.29) is 6.61 Å². The summed E-state index contributed by atoms with van der Waals surface area (Å²) >= 11 is 15.1. The highest BCUT2D eigenvalue weighted by molar-refractivity contribution is 9.10. The molecule has 0 spiro atoms. The molecule has 0 aliphatic rings. The summed E-state index contributed by atoms with van der Waals surface area (Å²) < 4.78 is 11.3. The molecule has 0 saturated heterocycles. The molecule has 0 unspecified atom stereocenters. The van der Waals surface area contributed by atoms with Crippen LogP contribution < -0.4 is 14.9 Å². The minimum absolute atomic E-state index is 0.261. The molecule has 3 aromatic carbocycles. The number of carbonyl (C=O) groups excluding carboxylic acids is 2. The van der Waals surface area contributed by atoms with Gasteiger partial charge in [-0.3, -0.25) is 4.79 Å². The molecule has 0 atom stereocenters. The Kier molecular flexibility index (Phi) is 8.06. The topological polar surface area (TPSA) is 77.0 Å². The normalized spacial score (nSPS) is 10.7. The van der Waals surface area contributed by atoms with Gasteiger partial charge in [-0.15, -0.1) is 0 Å². The van der Waals surface area contributed by atoms with Gasteiger partial charge in [-0.2, -0.15) is 5.10 Å². The van der Waals surface area contributed by atoms with E-state index in [4.69, 9.17) is 32.7 Å². The van der Waals surface area contributed by atoms with E-state index in [9.17, 15) is 9.59 Å². The van der Waals surface area contributed by atoms with Crippen LogP contribution in [0, 0.1) is 0 Å². The van der Waals surface area contributed by atoms with Crippen molar-refractivity contribution >= 4 is 57.2 Å². The van der Waals surface area contributed by atoms with Crippen LogP contribution in [-0.4, -0.2) is 24.7 Å². The van der Waals surface area contributed by atoms with E-state index in [0.717, 1.165) is 0 Å². The van der Waals surface area contributed by atoms with Crippen molar-refractivity contribution in [2.45, 2.75) is 0 Å². The largest absolute Gasteiger partial charge is 0.482 e. The monoisotopic (exact) mass is 520 g/mol. The van der Waals surface area contributed by atoms with Gasteiger partial charge >= 0.3 is 5.97 Å². The fourth-order valence-electron chi connectivity index (χ4n) is 2.36. The molecule has 0 aliphatic heterocycles. The summed E-state index contributed by atoms with van der Waals surface area (Å²) in [5.41, 5.74) is 3.48. The first-order valence-electron chi connectivity index (χ1n) is 8.89. The number of hydrazone groups is 1. The van der Waals surface area contributed by atoms with E-state index in [0.29, 0.717) is 37.1 Å². The molecule has 3 rings (SSSR count). The number of benzene rings is 3. The Morgan fingerprint density at radius 1 is 1.03 bits per heavy atom. The van der Waals surface area contributed by atoms with Gasteiger partial charge in [0.1, 0.15) is 11.5 Å². The Bertz CT molecular complexity index is 1120. The smallest absolute Gasteiger partial charge is 0.344 e. The molecule has 0 aromatic heterocycles.